The Bertz CT molecular complexity index is 761. The van der Waals surface area contributed by atoms with E-state index in [-0.39, 0.29) is 11.9 Å². The number of hydrogen-bond acceptors (Lipinski definition) is 3. The summed E-state index contributed by atoms with van der Waals surface area (Å²) in [5, 5.41) is 11.9. The lowest BCUT2D eigenvalue weighted by Gasteiger charge is -2.36. The second-order valence-electron chi connectivity index (χ2n) is 6.38. The van der Waals surface area contributed by atoms with Crippen molar-refractivity contribution < 1.29 is 9.69 Å². The number of piperazine rings is 1. The topological polar surface area (TPSA) is 60.6 Å². The molecule has 2 aromatic carbocycles. The van der Waals surface area contributed by atoms with E-state index in [0.29, 0.717) is 11.3 Å². The molecule has 128 valence electrons. The normalized spacial score (nSPS) is 16.1. The van der Waals surface area contributed by atoms with Crippen LogP contribution in [0.5, 0.6) is 0 Å². The van der Waals surface area contributed by atoms with E-state index in [9.17, 15) is 4.79 Å². The van der Waals surface area contributed by atoms with Crippen LogP contribution in [-0.2, 0) is 4.79 Å². The van der Waals surface area contributed by atoms with Crippen molar-refractivity contribution in [3.63, 3.8) is 0 Å². The molecule has 1 saturated heterocycles. The minimum Gasteiger partial charge on any atom is -0.360 e. The first-order valence-electron chi connectivity index (χ1n) is 8.63. The van der Waals surface area contributed by atoms with Crippen LogP contribution in [0.2, 0.25) is 0 Å². The van der Waals surface area contributed by atoms with Gasteiger partial charge in [-0.1, -0.05) is 24.3 Å². The van der Waals surface area contributed by atoms with Crippen LogP contribution in [0.1, 0.15) is 12.5 Å². The number of rotatable bonds is 4. The molecule has 5 nitrogen and oxygen atoms in total. The lowest BCUT2D eigenvalue weighted by molar-refractivity contribution is -0.914. The smallest absolute Gasteiger partial charge is 0.282 e. The van der Waals surface area contributed by atoms with Crippen molar-refractivity contribution in [2.75, 3.05) is 36.4 Å². The number of carbonyl (C=O) groups excluding carboxylic acids is 1. The Morgan fingerprint density at radius 2 is 1.88 bits per heavy atom. The summed E-state index contributed by atoms with van der Waals surface area (Å²) in [7, 11) is 0. The van der Waals surface area contributed by atoms with Crippen LogP contribution in [0, 0.1) is 11.3 Å². The van der Waals surface area contributed by atoms with Gasteiger partial charge in [-0.15, -0.1) is 0 Å². The van der Waals surface area contributed by atoms with Gasteiger partial charge in [-0.3, -0.25) is 4.79 Å². The van der Waals surface area contributed by atoms with Crippen molar-refractivity contribution in [3.8, 4) is 6.07 Å². The summed E-state index contributed by atoms with van der Waals surface area (Å²) in [6.45, 7) is 5.72. The van der Waals surface area contributed by atoms with Gasteiger partial charge in [0.05, 0.1) is 37.8 Å². The molecule has 0 bridgehead atoms. The third kappa shape index (κ3) is 4.17. The molecule has 0 spiro atoms. The average Bonchev–Trinajstić information content (AvgIpc) is 2.68. The number of hydrogen-bond donors (Lipinski definition) is 2. The Balaban J connectivity index is 1.56. The van der Waals surface area contributed by atoms with Gasteiger partial charge in [0, 0.05) is 11.4 Å². The van der Waals surface area contributed by atoms with Crippen molar-refractivity contribution in [1.82, 2.24) is 0 Å². The third-order valence-corrected chi connectivity index (χ3v) is 4.79. The number of anilines is 2. The maximum atomic E-state index is 12.5. The molecule has 2 aromatic rings. The van der Waals surface area contributed by atoms with Gasteiger partial charge in [0.15, 0.2) is 6.04 Å². The molecule has 3 rings (SSSR count). The maximum absolute atomic E-state index is 12.5. The van der Waals surface area contributed by atoms with Gasteiger partial charge >= 0.3 is 0 Å². The van der Waals surface area contributed by atoms with Gasteiger partial charge in [0.1, 0.15) is 0 Å². The Labute approximate surface area is 148 Å². The first-order chi connectivity index (χ1) is 12.2. The fourth-order valence-electron chi connectivity index (χ4n) is 3.23. The van der Waals surface area contributed by atoms with E-state index in [2.05, 4.69) is 40.6 Å². The van der Waals surface area contributed by atoms with Crippen LogP contribution in [0.4, 0.5) is 11.4 Å². The number of amides is 1. The van der Waals surface area contributed by atoms with E-state index < -0.39 is 0 Å². The second-order valence-corrected chi connectivity index (χ2v) is 6.38. The predicted octanol–water partition coefficient (Wildman–Crippen LogP) is 1.29. The quantitative estimate of drug-likeness (QED) is 0.885. The summed E-state index contributed by atoms with van der Waals surface area (Å²) in [5.74, 6) is -0.00162. The Morgan fingerprint density at radius 3 is 2.56 bits per heavy atom. The fraction of sp³-hybridized carbons (Fsp3) is 0.300. The van der Waals surface area contributed by atoms with Gasteiger partial charge < -0.3 is 15.1 Å². The molecule has 1 amide bonds. The third-order valence-electron chi connectivity index (χ3n) is 4.79. The fourth-order valence-corrected chi connectivity index (χ4v) is 3.23. The first kappa shape index (κ1) is 17.0. The van der Waals surface area contributed by atoms with Crippen molar-refractivity contribution in [2.45, 2.75) is 13.0 Å². The SMILES string of the molecule is C[C@@H](C(=O)Nc1cccc(C#N)c1)[NH+]1CCN(c2ccccc2)CC1. The van der Waals surface area contributed by atoms with Gasteiger partial charge in [-0.05, 0) is 37.3 Å². The van der Waals surface area contributed by atoms with Crippen LogP contribution in [0.3, 0.4) is 0 Å². The van der Waals surface area contributed by atoms with Crippen molar-refractivity contribution >= 4 is 17.3 Å². The molecule has 25 heavy (non-hydrogen) atoms. The molecule has 2 N–H and O–H groups in total. The molecular weight excluding hydrogens is 312 g/mol. The van der Waals surface area contributed by atoms with Crippen LogP contribution >= 0.6 is 0 Å². The lowest BCUT2D eigenvalue weighted by Crippen LogP contribution is -3.19. The minimum atomic E-state index is -0.122. The number of carbonyl (C=O) groups is 1. The van der Waals surface area contributed by atoms with Crippen molar-refractivity contribution in [1.29, 1.82) is 5.26 Å². The van der Waals surface area contributed by atoms with Crippen LogP contribution in [-0.4, -0.2) is 38.1 Å². The molecule has 1 atom stereocenters. The monoisotopic (exact) mass is 335 g/mol. The zero-order valence-electron chi connectivity index (χ0n) is 14.4. The molecular formula is C20H23N4O+. The van der Waals surface area contributed by atoms with Gasteiger partial charge in [-0.25, -0.2) is 0 Å². The number of quaternary nitrogens is 1. The van der Waals surface area contributed by atoms with E-state index in [1.165, 1.54) is 10.6 Å². The van der Waals surface area contributed by atoms with Gasteiger partial charge in [0.2, 0.25) is 0 Å². The molecule has 0 radical (unpaired) electrons. The molecule has 1 heterocycles. The highest BCUT2D eigenvalue weighted by Crippen LogP contribution is 2.13. The number of nitrogens with zero attached hydrogens (tertiary/aromatic N) is 2. The highest BCUT2D eigenvalue weighted by Gasteiger charge is 2.29. The summed E-state index contributed by atoms with van der Waals surface area (Å²) < 4.78 is 0. The van der Waals surface area contributed by atoms with Crippen molar-refractivity contribution in [2.24, 2.45) is 0 Å². The molecule has 0 aliphatic carbocycles. The predicted molar refractivity (Wildman–Crippen MR) is 98.6 cm³/mol. The van der Waals surface area contributed by atoms with E-state index in [4.69, 9.17) is 5.26 Å². The molecule has 0 saturated carbocycles. The zero-order chi connectivity index (χ0) is 17.6. The highest BCUT2D eigenvalue weighted by atomic mass is 16.2. The zero-order valence-corrected chi connectivity index (χ0v) is 14.4. The van der Waals surface area contributed by atoms with Crippen LogP contribution in [0.15, 0.2) is 54.6 Å². The van der Waals surface area contributed by atoms with E-state index in [0.717, 1.165) is 26.2 Å². The molecule has 1 fully saturated rings. The van der Waals surface area contributed by atoms with E-state index >= 15 is 0 Å². The van der Waals surface area contributed by atoms with Gasteiger partial charge in [-0.2, -0.15) is 5.26 Å². The number of benzene rings is 2. The molecule has 0 unspecified atom stereocenters. The maximum Gasteiger partial charge on any atom is 0.282 e. The summed E-state index contributed by atoms with van der Waals surface area (Å²) >= 11 is 0. The van der Waals surface area contributed by atoms with E-state index in [1.54, 1.807) is 18.2 Å². The van der Waals surface area contributed by atoms with Crippen LogP contribution in [0.25, 0.3) is 0 Å². The van der Waals surface area contributed by atoms with Gasteiger partial charge in [0.25, 0.3) is 5.91 Å². The number of nitriles is 1. The highest BCUT2D eigenvalue weighted by molar-refractivity contribution is 5.93. The standard InChI is InChI=1S/C20H22N4O/c1-16(20(25)22-18-7-5-6-17(14-18)15-21)23-10-12-24(13-11-23)19-8-3-2-4-9-19/h2-9,14,16H,10-13H2,1H3,(H,22,25)/p+1/t16-/m0/s1. The van der Waals surface area contributed by atoms with Crippen LogP contribution < -0.4 is 15.1 Å². The Morgan fingerprint density at radius 1 is 1.16 bits per heavy atom. The summed E-state index contributed by atoms with van der Waals surface area (Å²) in [6.07, 6.45) is 0. The Hall–Kier alpha value is -2.84. The second kappa shape index (κ2) is 7.82. The summed E-state index contributed by atoms with van der Waals surface area (Å²) in [5.41, 5.74) is 2.47. The minimum absolute atomic E-state index is 0.00162. The molecule has 5 heteroatoms. The summed E-state index contributed by atoms with van der Waals surface area (Å²) in [4.78, 5) is 16.2. The largest absolute Gasteiger partial charge is 0.360 e. The lowest BCUT2D eigenvalue weighted by atomic mass is 10.1. The molecule has 1 aliphatic heterocycles. The number of para-hydroxylation sites is 1. The first-order valence-corrected chi connectivity index (χ1v) is 8.63. The average molecular weight is 335 g/mol. The number of nitrogens with one attached hydrogen (secondary N) is 2. The Kier molecular flexibility index (Phi) is 5.32. The van der Waals surface area contributed by atoms with Crippen molar-refractivity contribution in [3.05, 3.63) is 60.2 Å². The van der Waals surface area contributed by atoms with E-state index in [1.807, 2.05) is 19.1 Å². The molecule has 1 aliphatic rings. The molecule has 0 aromatic heterocycles. The summed E-state index contributed by atoms with van der Waals surface area (Å²) in [6, 6.07) is 19.4.